The van der Waals surface area contributed by atoms with Crippen LogP contribution in [0.25, 0.3) is 6.08 Å². The van der Waals surface area contributed by atoms with Gasteiger partial charge in [-0.3, -0.25) is 15.0 Å². The van der Waals surface area contributed by atoms with Gasteiger partial charge >= 0.3 is 0 Å². The van der Waals surface area contributed by atoms with E-state index in [1.807, 2.05) is 0 Å². The second kappa shape index (κ2) is 5.98. The van der Waals surface area contributed by atoms with Crippen molar-refractivity contribution in [3.05, 3.63) is 57.6 Å². The molecule has 1 N–H and O–H groups in total. The minimum Gasteiger partial charge on any atom is -0.454 e. The molecule has 4 rings (SSSR count). The van der Waals surface area contributed by atoms with Crippen molar-refractivity contribution < 1.29 is 19.1 Å². The summed E-state index contributed by atoms with van der Waals surface area (Å²) >= 11 is 11.9. The van der Waals surface area contributed by atoms with E-state index in [9.17, 15) is 9.59 Å². The SMILES string of the molecule is O=C1NN(c2ccc(Cl)c(Cl)c2)C(=O)/C1=C\c1ccc2c(c1)OCO2. The van der Waals surface area contributed by atoms with Crippen molar-refractivity contribution in [3.63, 3.8) is 0 Å². The number of benzene rings is 2. The predicted octanol–water partition coefficient (Wildman–Crippen LogP) is 3.18. The molecule has 0 saturated carbocycles. The number of halogens is 2. The van der Waals surface area contributed by atoms with Crippen LogP contribution in [0.4, 0.5) is 5.69 Å². The fourth-order valence-corrected chi connectivity index (χ4v) is 2.83. The Morgan fingerprint density at radius 3 is 2.60 bits per heavy atom. The fourth-order valence-electron chi connectivity index (χ4n) is 2.53. The molecule has 0 aliphatic carbocycles. The number of fused-ring (bicyclic) bond motifs is 1. The third-order valence-corrected chi connectivity index (χ3v) is 4.50. The molecule has 1 fully saturated rings. The van der Waals surface area contributed by atoms with E-state index in [4.69, 9.17) is 32.7 Å². The largest absolute Gasteiger partial charge is 0.454 e. The molecule has 2 heterocycles. The summed E-state index contributed by atoms with van der Waals surface area (Å²) in [6.07, 6.45) is 1.50. The van der Waals surface area contributed by atoms with Gasteiger partial charge in [-0.1, -0.05) is 29.3 Å². The summed E-state index contributed by atoms with van der Waals surface area (Å²) < 4.78 is 10.5. The van der Waals surface area contributed by atoms with E-state index in [1.165, 1.54) is 12.1 Å². The summed E-state index contributed by atoms with van der Waals surface area (Å²) in [4.78, 5) is 24.8. The number of amides is 2. The average Bonchev–Trinajstić information content (AvgIpc) is 3.16. The van der Waals surface area contributed by atoms with Gasteiger partial charge in [0.15, 0.2) is 11.5 Å². The number of hydrazine groups is 1. The van der Waals surface area contributed by atoms with Crippen LogP contribution in [-0.4, -0.2) is 18.6 Å². The minimum absolute atomic E-state index is 0.00457. The maximum atomic E-state index is 12.6. The Bertz CT molecular complexity index is 942. The standard InChI is InChI=1S/C17H10Cl2N2O4/c18-12-3-2-10(7-13(12)19)21-17(23)11(16(22)20-21)5-9-1-4-14-15(6-9)25-8-24-14/h1-7H,8H2,(H,20,22)/b11-5-. The second-order valence-electron chi connectivity index (χ2n) is 5.35. The number of anilines is 1. The van der Waals surface area contributed by atoms with Gasteiger partial charge in [0, 0.05) is 0 Å². The molecule has 8 heteroatoms. The summed E-state index contributed by atoms with van der Waals surface area (Å²) in [6.45, 7) is 0.153. The van der Waals surface area contributed by atoms with Crippen molar-refractivity contribution in [2.24, 2.45) is 0 Å². The van der Waals surface area contributed by atoms with Crippen LogP contribution < -0.4 is 19.9 Å². The summed E-state index contributed by atoms with van der Waals surface area (Å²) in [5.41, 5.74) is 3.58. The van der Waals surface area contributed by atoms with Gasteiger partial charge in [-0.15, -0.1) is 0 Å². The molecule has 2 aromatic carbocycles. The smallest absolute Gasteiger partial charge is 0.282 e. The van der Waals surface area contributed by atoms with E-state index in [1.54, 1.807) is 30.3 Å². The number of carbonyl (C=O) groups excluding carboxylic acids is 2. The molecule has 0 atom stereocenters. The molecule has 1 saturated heterocycles. The summed E-state index contributed by atoms with van der Waals surface area (Å²) in [7, 11) is 0. The second-order valence-corrected chi connectivity index (χ2v) is 6.17. The van der Waals surface area contributed by atoms with Crippen LogP contribution >= 0.6 is 23.2 Å². The molecule has 0 spiro atoms. The van der Waals surface area contributed by atoms with Gasteiger partial charge in [-0.2, -0.15) is 0 Å². The van der Waals surface area contributed by atoms with E-state index in [2.05, 4.69) is 5.43 Å². The zero-order chi connectivity index (χ0) is 17.6. The van der Waals surface area contributed by atoms with E-state index in [0.29, 0.717) is 27.8 Å². The topological polar surface area (TPSA) is 67.9 Å². The van der Waals surface area contributed by atoms with Crippen molar-refractivity contribution in [3.8, 4) is 11.5 Å². The maximum Gasteiger partial charge on any atom is 0.282 e. The minimum atomic E-state index is -0.506. The normalized spacial score (nSPS) is 17.4. The zero-order valence-corrected chi connectivity index (χ0v) is 14.1. The number of hydrogen-bond donors (Lipinski definition) is 1. The zero-order valence-electron chi connectivity index (χ0n) is 12.6. The Morgan fingerprint density at radius 2 is 1.80 bits per heavy atom. The van der Waals surface area contributed by atoms with Gasteiger partial charge in [-0.25, -0.2) is 5.01 Å². The number of nitrogens with one attached hydrogen (secondary N) is 1. The first-order valence-electron chi connectivity index (χ1n) is 7.25. The van der Waals surface area contributed by atoms with Gasteiger partial charge in [0.2, 0.25) is 6.79 Å². The lowest BCUT2D eigenvalue weighted by atomic mass is 10.1. The number of hydrogen-bond acceptors (Lipinski definition) is 4. The number of carbonyl (C=O) groups is 2. The molecule has 126 valence electrons. The highest BCUT2D eigenvalue weighted by Crippen LogP contribution is 2.34. The third-order valence-electron chi connectivity index (χ3n) is 3.76. The number of nitrogens with zero attached hydrogens (tertiary/aromatic N) is 1. The lowest BCUT2D eigenvalue weighted by molar-refractivity contribution is -0.117. The Morgan fingerprint density at radius 1 is 1.00 bits per heavy atom. The monoisotopic (exact) mass is 376 g/mol. The van der Waals surface area contributed by atoms with Crippen molar-refractivity contribution in [2.45, 2.75) is 0 Å². The Labute approximate surface area is 152 Å². The third kappa shape index (κ3) is 2.79. The Kier molecular flexibility index (Phi) is 3.78. The van der Waals surface area contributed by atoms with Crippen molar-refractivity contribution >= 4 is 46.8 Å². The van der Waals surface area contributed by atoms with Crippen LogP contribution in [0.2, 0.25) is 10.0 Å². The molecule has 6 nitrogen and oxygen atoms in total. The molecule has 0 radical (unpaired) electrons. The summed E-state index contributed by atoms with van der Waals surface area (Å²) in [5.74, 6) is 0.207. The van der Waals surface area contributed by atoms with E-state index >= 15 is 0 Å². The highest BCUT2D eigenvalue weighted by molar-refractivity contribution is 6.42. The summed E-state index contributed by atoms with van der Waals surface area (Å²) in [6, 6.07) is 9.82. The predicted molar refractivity (Wildman–Crippen MR) is 92.6 cm³/mol. The van der Waals surface area contributed by atoms with Gasteiger partial charge in [-0.05, 0) is 42.0 Å². The van der Waals surface area contributed by atoms with Crippen molar-refractivity contribution in [2.75, 3.05) is 11.8 Å². The molecule has 2 aliphatic rings. The lowest BCUT2D eigenvalue weighted by Gasteiger charge is -2.15. The van der Waals surface area contributed by atoms with Gasteiger partial charge in [0.05, 0.1) is 15.7 Å². The highest BCUT2D eigenvalue weighted by atomic mass is 35.5. The van der Waals surface area contributed by atoms with Crippen LogP contribution in [0.5, 0.6) is 11.5 Å². The average molecular weight is 377 g/mol. The first kappa shape index (κ1) is 15.8. The van der Waals surface area contributed by atoms with E-state index in [-0.39, 0.29) is 17.4 Å². The van der Waals surface area contributed by atoms with Crippen LogP contribution in [-0.2, 0) is 9.59 Å². The van der Waals surface area contributed by atoms with Gasteiger partial charge in [0.25, 0.3) is 11.8 Å². The first-order valence-corrected chi connectivity index (χ1v) is 8.00. The number of ether oxygens (including phenoxy) is 2. The van der Waals surface area contributed by atoms with Crippen LogP contribution in [0.3, 0.4) is 0 Å². The van der Waals surface area contributed by atoms with Crippen LogP contribution in [0.1, 0.15) is 5.56 Å². The van der Waals surface area contributed by atoms with Gasteiger partial charge < -0.3 is 9.47 Å². The Hall–Kier alpha value is -2.70. The van der Waals surface area contributed by atoms with Gasteiger partial charge in [0.1, 0.15) is 5.57 Å². The molecule has 2 amide bonds. The quantitative estimate of drug-likeness (QED) is 0.645. The molecule has 0 bridgehead atoms. The van der Waals surface area contributed by atoms with Crippen LogP contribution in [0, 0.1) is 0 Å². The maximum absolute atomic E-state index is 12.6. The molecule has 2 aromatic rings. The van der Waals surface area contributed by atoms with Crippen LogP contribution in [0.15, 0.2) is 42.0 Å². The molecule has 2 aliphatic heterocycles. The Balaban J connectivity index is 1.66. The van der Waals surface area contributed by atoms with E-state index < -0.39 is 11.8 Å². The highest BCUT2D eigenvalue weighted by Gasteiger charge is 2.34. The van der Waals surface area contributed by atoms with Crippen molar-refractivity contribution in [1.82, 2.24) is 5.43 Å². The molecule has 0 unspecified atom stereocenters. The lowest BCUT2D eigenvalue weighted by Crippen LogP contribution is -2.35. The molecular weight excluding hydrogens is 367 g/mol. The number of rotatable bonds is 2. The van der Waals surface area contributed by atoms with Crippen molar-refractivity contribution in [1.29, 1.82) is 0 Å². The van der Waals surface area contributed by atoms with E-state index in [0.717, 1.165) is 5.01 Å². The molecular formula is C17H10Cl2N2O4. The molecule has 25 heavy (non-hydrogen) atoms. The first-order chi connectivity index (χ1) is 12.0. The summed E-state index contributed by atoms with van der Waals surface area (Å²) in [5, 5.41) is 1.78. The molecule has 0 aromatic heterocycles. The fraction of sp³-hybridized carbons (Fsp3) is 0.0588.